The molecule has 0 aliphatic rings. The summed E-state index contributed by atoms with van der Waals surface area (Å²) in [6, 6.07) is 13.9. The van der Waals surface area contributed by atoms with Gasteiger partial charge in [-0.1, -0.05) is 36.0 Å². The lowest BCUT2D eigenvalue weighted by molar-refractivity contribution is 0.513. The van der Waals surface area contributed by atoms with Crippen molar-refractivity contribution >= 4 is 27.8 Å². The zero-order chi connectivity index (χ0) is 14.5. The zero-order valence-electron chi connectivity index (χ0n) is 11.4. The molecule has 0 bridgehead atoms. The highest BCUT2D eigenvalue weighted by atomic mass is 32.2. The van der Waals surface area contributed by atoms with Gasteiger partial charge in [-0.2, -0.15) is 0 Å². The molecule has 0 fully saturated rings. The van der Waals surface area contributed by atoms with Crippen molar-refractivity contribution < 1.29 is 4.42 Å². The normalized spacial score (nSPS) is 11.9. The smallest absolute Gasteiger partial charge is 0.154 e. The van der Waals surface area contributed by atoms with E-state index >= 15 is 0 Å². The van der Waals surface area contributed by atoms with Gasteiger partial charge in [0, 0.05) is 17.3 Å². The van der Waals surface area contributed by atoms with Crippen LogP contribution in [-0.4, -0.2) is 10.2 Å². The van der Waals surface area contributed by atoms with Gasteiger partial charge in [-0.3, -0.25) is 9.98 Å². The summed E-state index contributed by atoms with van der Waals surface area (Å²) in [5.74, 6) is 1.56. The number of furan rings is 1. The van der Waals surface area contributed by atoms with Crippen molar-refractivity contribution in [1.82, 2.24) is 4.98 Å². The highest BCUT2D eigenvalue weighted by Gasteiger charge is 2.03. The summed E-state index contributed by atoms with van der Waals surface area (Å²) in [5, 5.41) is 1.70. The van der Waals surface area contributed by atoms with Gasteiger partial charge in [-0.05, 0) is 23.8 Å². The second kappa shape index (κ2) is 6.45. The third-order valence-corrected chi connectivity index (χ3v) is 3.94. The minimum atomic E-state index is 0.472. The molecule has 3 rings (SSSR count). The summed E-state index contributed by atoms with van der Waals surface area (Å²) in [5.41, 5.74) is 8.11. The van der Waals surface area contributed by atoms with Crippen molar-refractivity contribution in [2.45, 2.75) is 12.3 Å². The molecule has 4 nitrogen and oxygen atoms in total. The van der Waals surface area contributed by atoms with E-state index in [-0.39, 0.29) is 0 Å². The molecule has 0 amide bonds. The van der Waals surface area contributed by atoms with E-state index in [9.17, 15) is 0 Å². The third kappa shape index (κ3) is 3.44. The Balaban J connectivity index is 1.67. The van der Waals surface area contributed by atoms with Crippen LogP contribution in [0.4, 0.5) is 0 Å². The zero-order valence-corrected chi connectivity index (χ0v) is 12.2. The second-order valence-electron chi connectivity index (χ2n) is 4.51. The Bertz CT molecular complexity index is 748. The Kier molecular flexibility index (Phi) is 4.21. The molecule has 0 atom stereocenters. The van der Waals surface area contributed by atoms with Crippen LogP contribution in [0.1, 0.15) is 11.3 Å². The van der Waals surface area contributed by atoms with Crippen LogP contribution in [0.3, 0.4) is 0 Å². The number of benzene rings is 1. The number of amidine groups is 1. The molecule has 5 heteroatoms. The molecule has 2 N–H and O–H groups in total. The van der Waals surface area contributed by atoms with E-state index in [0.717, 1.165) is 28.0 Å². The van der Waals surface area contributed by atoms with Crippen molar-refractivity contribution in [3.8, 4) is 0 Å². The fourth-order valence-corrected chi connectivity index (χ4v) is 2.73. The highest BCUT2D eigenvalue weighted by molar-refractivity contribution is 8.13. The summed E-state index contributed by atoms with van der Waals surface area (Å²) in [7, 11) is 0. The van der Waals surface area contributed by atoms with Crippen molar-refractivity contribution in [3.63, 3.8) is 0 Å². The minimum Gasteiger partial charge on any atom is -0.467 e. The first-order chi connectivity index (χ1) is 10.3. The Morgan fingerprint density at radius 1 is 1.19 bits per heavy atom. The standard InChI is InChI=1S/C16H15N3OS/c17-16(19-10-14-7-3-9-20-14)21-11-13-5-1-4-12-6-2-8-18-15(12)13/h1-9H,10-11H2,(H2,17,19). The Labute approximate surface area is 127 Å². The number of para-hydroxylation sites is 1. The number of rotatable bonds is 4. The van der Waals surface area contributed by atoms with E-state index in [1.54, 1.807) is 6.26 Å². The molecule has 0 radical (unpaired) electrons. The van der Waals surface area contributed by atoms with Gasteiger partial charge in [0.1, 0.15) is 5.76 Å². The van der Waals surface area contributed by atoms with Gasteiger partial charge in [-0.15, -0.1) is 0 Å². The van der Waals surface area contributed by atoms with E-state index in [1.165, 1.54) is 11.8 Å². The fraction of sp³-hybridized carbons (Fsp3) is 0.125. The lowest BCUT2D eigenvalue weighted by atomic mass is 10.1. The number of fused-ring (bicyclic) bond motifs is 1. The number of pyridine rings is 1. The van der Waals surface area contributed by atoms with E-state index in [4.69, 9.17) is 10.2 Å². The molecule has 0 saturated carbocycles. The summed E-state index contributed by atoms with van der Waals surface area (Å²) < 4.78 is 5.22. The first-order valence-electron chi connectivity index (χ1n) is 6.60. The Hall–Kier alpha value is -2.27. The maximum atomic E-state index is 5.93. The van der Waals surface area contributed by atoms with Crippen LogP contribution < -0.4 is 5.73 Å². The van der Waals surface area contributed by atoms with Crippen LogP contribution in [0, 0.1) is 0 Å². The van der Waals surface area contributed by atoms with Crippen LogP contribution in [0.2, 0.25) is 0 Å². The number of thioether (sulfide) groups is 1. The van der Waals surface area contributed by atoms with Crippen LogP contribution in [0.25, 0.3) is 10.9 Å². The van der Waals surface area contributed by atoms with Gasteiger partial charge in [0.2, 0.25) is 0 Å². The van der Waals surface area contributed by atoms with Gasteiger partial charge in [0.05, 0.1) is 18.3 Å². The van der Waals surface area contributed by atoms with E-state index in [1.807, 2.05) is 30.5 Å². The topological polar surface area (TPSA) is 64.4 Å². The number of hydrogen-bond acceptors (Lipinski definition) is 4. The lowest BCUT2D eigenvalue weighted by Crippen LogP contribution is -2.07. The average molecular weight is 297 g/mol. The number of hydrogen-bond donors (Lipinski definition) is 1. The molecule has 3 aromatic rings. The van der Waals surface area contributed by atoms with Crippen LogP contribution in [0.15, 0.2) is 64.3 Å². The number of aliphatic imine (C=N–C) groups is 1. The van der Waals surface area contributed by atoms with Crippen LogP contribution in [-0.2, 0) is 12.3 Å². The van der Waals surface area contributed by atoms with Crippen molar-refractivity contribution in [2.75, 3.05) is 0 Å². The molecule has 2 heterocycles. The summed E-state index contributed by atoms with van der Waals surface area (Å²) in [6.45, 7) is 0.472. The number of aromatic nitrogens is 1. The molecule has 0 saturated heterocycles. The monoisotopic (exact) mass is 297 g/mol. The van der Waals surface area contributed by atoms with Gasteiger partial charge in [-0.25, -0.2) is 0 Å². The summed E-state index contributed by atoms with van der Waals surface area (Å²) in [6.07, 6.45) is 3.45. The molecule has 0 aliphatic carbocycles. The number of nitrogens with two attached hydrogens (primary N) is 1. The molecule has 0 aliphatic heterocycles. The highest BCUT2D eigenvalue weighted by Crippen LogP contribution is 2.21. The molecule has 0 spiro atoms. The summed E-state index contributed by atoms with van der Waals surface area (Å²) in [4.78, 5) is 8.74. The Morgan fingerprint density at radius 3 is 2.95 bits per heavy atom. The quantitative estimate of drug-likeness (QED) is 0.590. The molecule has 106 valence electrons. The predicted molar refractivity (Wildman–Crippen MR) is 87.1 cm³/mol. The first-order valence-corrected chi connectivity index (χ1v) is 7.59. The van der Waals surface area contributed by atoms with Gasteiger partial charge in [0.15, 0.2) is 5.17 Å². The van der Waals surface area contributed by atoms with Crippen molar-refractivity contribution in [2.24, 2.45) is 10.7 Å². The minimum absolute atomic E-state index is 0.472. The molecular formula is C16H15N3OS. The maximum absolute atomic E-state index is 5.93. The maximum Gasteiger partial charge on any atom is 0.154 e. The predicted octanol–water partition coefficient (Wildman–Crippen LogP) is 3.58. The fourth-order valence-electron chi connectivity index (χ4n) is 2.04. The lowest BCUT2D eigenvalue weighted by Gasteiger charge is -2.05. The average Bonchev–Trinajstić information content (AvgIpc) is 3.04. The van der Waals surface area contributed by atoms with E-state index in [2.05, 4.69) is 28.2 Å². The third-order valence-electron chi connectivity index (χ3n) is 3.06. The molecule has 1 aromatic carbocycles. The molecule has 2 aromatic heterocycles. The van der Waals surface area contributed by atoms with E-state index in [0.29, 0.717) is 11.7 Å². The second-order valence-corrected chi connectivity index (χ2v) is 5.51. The Morgan fingerprint density at radius 2 is 2.10 bits per heavy atom. The number of nitrogens with zero attached hydrogens (tertiary/aromatic N) is 2. The van der Waals surface area contributed by atoms with Gasteiger partial charge >= 0.3 is 0 Å². The SMILES string of the molecule is NC(=NCc1ccco1)SCc1cccc2cccnc12. The van der Waals surface area contributed by atoms with Crippen molar-refractivity contribution in [3.05, 3.63) is 66.2 Å². The van der Waals surface area contributed by atoms with Crippen molar-refractivity contribution in [1.29, 1.82) is 0 Å². The first kappa shape index (κ1) is 13.7. The van der Waals surface area contributed by atoms with Crippen LogP contribution >= 0.6 is 11.8 Å². The molecular weight excluding hydrogens is 282 g/mol. The van der Waals surface area contributed by atoms with Gasteiger partial charge in [0.25, 0.3) is 0 Å². The largest absolute Gasteiger partial charge is 0.467 e. The van der Waals surface area contributed by atoms with Crippen LogP contribution in [0.5, 0.6) is 0 Å². The molecule has 0 unspecified atom stereocenters. The van der Waals surface area contributed by atoms with Gasteiger partial charge < -0.3 is 10.2 Å². The summed E-state index contributed by atoms with van der Waals surface area (Å²) >= 11 is 1.51. The molecule has 21 heavy (non-hydrogen) atoms. The van der Waals surface area contributed by atoms with E-state index < -0.39 is 0 Å².